The highest BCUT2D eigenvalue weighted by atomic mass is 79.9. The molecule has 0 fully saturated rings. The molecule has 2 rings (SSSR count). The van der Waals surface area contributed by atoms with Gasteiger partial charge in [0.1, 0.15) is 17.5 Å². The number of benzene rings is 1. The second-order valence-electron chi connectivity index (χ2n) is 3.73. The normalized spacial score (nSPS) is 10.3. The van der Waals surface area contributed by atoms with Gasteiger partial charge in [-0.1, -0.05) is 0 Å². The number of aromatic nitrogens is 1. The zero-order valence-corrected chi connectivity index (χ0v) is 11.3. The number of anilines is 3. The van der Waals surface area contributed by atoms with E-state index in [1.165, 1.54) is 12.1 Å². The Balaban J connectivity index is 2.33. The first-order valence-corrected chi connectivity index (χ1v) is 6.00. The van der Waals surface area contributed by atoms with E-state index in [0.717, 1.165) is 6.07 Å². The van der Waals surface area contributed by atoms with Crippen LogP contribution in [0.1, 0.15) is 0 Å². The van der Waals surface area contributed by atoms with Gasteiger partial charge in [0.05, 0.1) is 15.1 Å². The number of nitrogen functional groups attached to an aromatic ring is 1. The molecule has 0 aliphatic carbocycles. The molecule has 0 radical (unpaired) electrons. The number of pyridine rings is 1. The summed E-state index contributed by atoms with van der Waals surface area (Å²) in [4.78, 5) is 13.6. The molecule has 0 spiro atoms. The summed E-state index contributed by atoms with van der Waals surface area (Å²) in [5.74, 6) is -1.78. The molecule has 6 nitrogen and oxygen atoms in total. The lowest BCUT2D eigenvalue weighted by molar-refractivity contribution is -0.384. The van der Waals surface area contributed by atoms with Crippen LogP contribution in [0.2, 0.25) is 0 Å². The topological polar surface area (TPSA) is 94.1 Å². The number of nitrogens with zero attached hydrogens (tertiary/aromatic N) is 2. The Morgan fingerprint density at radius 2 is 2.00 bits per heavy atom. The molecule has 0 atom stereocenters. The summed E-state index contributed by atoms with van der Waals surface area (Å²) in [6.45, 7) is 0. The lowest BCUT2D eigenvalue weighted by Gasteiger charge is -2.08. The Hall–Kier alpha value is -2.29. The van der Waals surface area contributed by atoms with E-state index in [0.29, 0.717) is 6.07 Å². The van der Waals surface area contributed by atoms with Gasteiger partial charge < -0.3 is 11.1 Å². The van der Waals surface area contributed by atoms with E-state index in [4.69, 9.17) is 5.73 Å². The molecule has 9 heteroatoms. The van der Waals surface area contributed by atoms with Crippen LogP contribution in [0.25, 0.3) is 0 Å². The zero-order chi connectivity index (χ0) is 14.9. The Labute approximate surface area is 119 Å². The minimum Gasteiger partial charge on any atom is -0.378 e. The Kier molecular flexibility index (Phi) is 3.79. The van der Waals surface area contributed by atoms with Crippen molar-refractivity contribution in [2.75, 3.05) is 11.1 Å². The molecule has 2 aromatic rings. The lowest BCUT2D eigenvalue weighted by Crippen LogP contribution is -2.02. The second-order valence-corrected chi connectivity index (χ2v) is 4.58. The zero-order valence-electron chi connectivity index (χ0n) is 9.73. The Morgan fingerprint density at radius 1 is 1.30 bits per heavy atom. The van der Waals surface area contributed by atoms with Crippen LogP contribution in [0.3, 0.4) is 0 Å². The van der Waals surface area contributed by atoms with Crippen molar-refractivity contribution < 1.29 is 13.7 Å². The summed E-state index contributed by atoms with van der Waals surface area (Å²) < 4.78 is 26.7. The molecular formula is C11H7BrF2N4O2. The number of hydrogen-bond acceptors (Lipinski definition) is 5. The number of halogens is 3. The molecule has 0 aliphatic rings. The van der Waals surface area contributed by atoms with Gasteiger partial charge in [0.25, 0.3) is 0 Å². The van der Waals surface area contributed by atoms with E-state index in [2.05, 4.69) is 26.2 Å². The third kappa shape index (κ3) is 2.82. The van der Waals surface area contributed by atoms with Crippen LogP contribution in [0.5, 0.6) is 0 Å². The molecule has 0 bridgehead atoms. The monoisotopic (exact) mass is 344 g/mol. The van der Waals surface area contributed by atoms with Crippen LogP contribution in [-0.2, 0) is 0 Å². The van der Waals surface area contributed by atoms with Crippen molar-refractivity contribution in [2.24, 2.45) is 0 Å². The van der Waals surface area contributed by atoms with Gasteiger partial charge in [0, 0.05) is 12.1 Å². The van der Waals surface area contributed by atoms with Gasteiger partial charge in [0.2, 0.25) is 5.82 Å². The predicted molar refractivity (Wildman–Crippen MR) is 72.6 cm³/mol. The van der Waals surface area contributed by atoms with Crippen molar-refractivity contribution in [3.63, 3.8) is 0 Å². The second kappa shape index (κ2) is 5.37. The van der Waals surface area contributed by atoms with Crippen LogP contribution in [0.4, 0.5) is 31.8 Å². The van der Waals surface area contributed by atoms with Crippen LogP contribution in [-0.4, -0.2) is 9.91 Å². The molecule has 0 saturated carbocycles. The smallest absolute Gasteiger partial charge is 0.311 e. The van der Waals surface area contributed by atoms with Crippen molar-refractivity contribution in [2.45, 2.75) is 0 Å². The Bertz CT molecular complexity index is 696. The van der Waals surface area contributed by atoms with Crippen LogP contribution in [0, 0.1) is 21.7 Å². The number of nitrogens with one attached hydrogen (secondary N) is 1. The van der Waals surface area contributed by atoms with Gasteiger partial charge in [-0.15, -0.1) is 0 Å². The predicted octanol–water partition coefficient (Wildman–Crippen LogP) is 3.36. The third-order valence-corrected chi connectivity index (χ3v) is 2.98. The van der Waals surface area contributed by atoms with Gasteiger partial charge in [0.15, 0.2) is 0 Å². The molecule has 0 amide bonds. The summed E-state index contributed by atoms with van der Waals surface area (Å²) in [7, 11) is 0. The van der Waals surface area contributed by atoms with Crippen molar-refractivity contribution >= 4 is 38.9 Å². The van der Waals surface area contributed by atoms with Gasteiger partial charge in [-0.2, -0.15) is 0 Å². The molecule has 1 aromatic carbocycles. The number of hydrogen-bond donors (Lipinski definition) is 2. The summed E-state index contributed by atoms with van der Waals surface area (Å²) in [5.41, 5.74) is 5.02. The van der Waals surface area contributed by atoms with Gasteiger partial charge in [-0.25, -0.2) is 13.8 Å². The molecule has 0 unspecified atom stereocenters. The number of nitro groups is 1. The molecule has 104 valence electrons. The SMILES string of the molecule is Nc1nc(Nc2cc(Br)c(F)cc2F)ccc1[N+](=O)[O-]. The van der Waals surface area contributed by atoms with Gasteiger partial charge in [-0.05, 0) is 28.1 Å². The highest BCUT2D eigenvalue weighted by Crippen LogP contribution is 2.27. The van der Waals surface area contributed by atoms with Gasteiger partial charge >= 0.3 is 5.69 Å². The van der Waals surface area contributed by atoms with E-state index in [1.807, 2.05) is 0 Å². The molecule has 1 heterocycles. The van der Waals surface area contributed by atoms with Crippen molar-refractivity contribution in [3.05, 3.63) is 50.5 Å². The average molecular weight is 345 g/mol. The largest absolute Gasteiger partial charge is 0.378 e. The maximum absolute atomic E-state index is 13.5. The standard InChI is InChI=1S/C11H7BrF2N4O2/c12-5-3-8(7(14)4-6(5)13)16-10-2-1-9(18(19)20)11(15)17-10/h1-4H,(H3,15,16,17). The van der Waals surface area contributed by atoms with Crippen LogP contribution in [0.15, 0.2) is 28.7 Å². The molecule has 0 aliphatic heterocycles. The van der Waals surface area contributed by atoms with Crippen LogP contribution < -0.4 is 11.1 Å². The molecule has 0 saturated heterocycles. The first-order chi connectivity index (χ1) is 9.38. The molecule has 20 heavy (non-hydrogen) atoms. The van der Waals surface area contributed by atoms with Crippen molar-refractivity contribution in [3.8, 4) is 0 Å². The number of rotatable bonds is 3. The fraction of sp³-hybridized carbons (Fsp3) is 0. The van der Waals surface area contributed by atoms with Gasteiger partial charge in [-0.3, -0.25) is 10.1 Å². The fourth-order valence-corrected chi connectivity index (χ4v) is 1.79. The van der Waals surface area contributed by atoms with Crippen molar-refractivity contribution in [1.29, 1.82) is 0 Å². The highest BCUT2D eigenvalue weighted by Gasteiger charge is 2.14. The first kappa shape index (κ1) is 14.1. The molecular weight excluding hydrogens is 338 g/mol. The number of nitrogens with two attached hydrogens (primary N) is 1. The minimum absolute atomic E-state index is 0.0426. The average Bonchev–Trinajstić information content (AvgIpc) is 2.35. The van der Waals surface area contributed by atoms with E-state index in [1.54, 1.807) is 0 Å². The minimum atomic E-state index is -0.829. The third-order valence-electron chi connectivity index (χ3n) is 2.37. The lowest BCUT2D eigenvalue weighted by atomic mass is 10.3. The van der Waals surface area contributed by atoms with Crippen molar-refractivity contribution in [1.82, 2.24) is 4.98 Å². The summed E-state index contributed by atoms with van der Waals surface area (Å²) in [6.07, 6.45) is 0. The van der Waals surface area contributed by atoms with E-state index >= 15 is 0 Å². The maximum atomic E-state index is 13.5. The van der Waals surface area contributed by atoms with Crippen LogP contribution >= 0.6 is 15.9 Å². The highest BCUT2D eigenvalue weighted by molar-refractivity contribution is 9.10. The maximum Gasteiger partial charge on any atom is 0.311 e. The molecule has 1 aromatic heterocycles. The van der Waals surface area contributed by atoms with E-state index < -0.39 is 16.6 Å². The summed E-state index contributed by atoms with van der Waals surface area (Å²) in [6, 6.07) is 4.29. The quantitative estimate of drug-likeness (QED) is 0.505. The fourth-order valence-electron chi connectivity index (χ4n) is 1.45. The van der Waals surface area contributed by atoms with E-state index in [-0.39, 0.29) is 27.5 Å². The first-order valence-electron chi connectivity index (χ1n) is 5.21. The summed E-state index contributed by atoms with van der Waals surface area (Å²) in [5, 5.41) is 13.1. The summed E-state index contributed by atoms with van der Waals surface area (Å²) >= 11 is 2.92. The Morgan fingerprint density at radius 3 is 2.60 bits per heavy atom. The molecule has 3 N–H and O–H groups in total. The van der Waals surface area contributed by atoms with E-state index in [9.17, 15) is 18.9 Å².